The number of anilines is 2. The van der Waals surface area contributed by atoms with E-state index >= 15 is 0 Å². The van der Waals surface area contributed by atoms with Gasteiger partial charge in [0.15, 0.2) is 0 Å². The largest absolute Gasteiger partial charge is 0.444 e. The van der Waals surface area contributed by atoms with Gasteiger partial charge in [0.05, 0.1) is 5.69 Å². The molecule has 1 aliphatic heterocycles. The number of likely N-dealkylation sites (tertiary alicyclic amines) is 1. The molecule has 1 fully saturated rings. The topological polar surface area (TPSA) is 97.5 Å². The average molecular weight is 385 g/mol. The van der Waals surface area contributed by atoms with Gasteiger partial charge < -0.3 is 15.8 Å². The van der Waals surface area contributed by atoms with Gasteiger partial charge >= 0.3 is 6.09 Å². The van der Waals surface area contributed by atoms with Crippen LogP contribution in [0, 0.1) is 0 Å². The number of nitrogen functional groups attached to an aromatic ring is 1. The number of amides is 2. The Kier molecular flexibility index (Phi) is 5.13. The highest BCUT2D eigenvalue weighted by Gasteiger charge is 2.36. The number of hydrogen-bond acceptors (Lipinski definition) is 5. The molecule has 1 aliphatic rings. The molecule has 0 spiro atoms. The minimum atomic E-state index is -0.598. The van der Waals surface area contributed by atoms with Gasteiger partial charge in [0, 0.05) is 17.2 Å². The molecule has 1 saturated heterocycles. The molecule has 0 radical (unpaired) electrons. The third-order valence-electron chi connectivity index (χ3n) is 3.33. The summed E-state index contributed by atoms with van der Waals surface area (Å²) in [7, 11) is 0. The van der Waals surface area contributed by atoms with Gasteiger partial charge in [-0.25, -0.2) is 9.78 Å². The first-order chi connectivity index (χ1) is 10.7. The van der Waals surface area contributed by atoms with E-state index in [1.54, 1.807) is 33.0 Å². The fourth-order valence-corrected chi connectivity index (χ4v) is 2.68. The number of pyridine rings is 1. The lowest BCUT2D eigenvalue weighted by atomic mass is 10.2. The molecule has 0 bridgehead atoms. The van der Waals surface area contributed by atoms with E-state index in [1.807, 2.05) is 0 Å². The van der Waals surface area contributed by atoms with Crippen LogP contribution in [0.2, 0.25) is 0 Å². The predicted molar refractivity (Wildman–Crippen MR) is 90.9 cm³/mol. The molecule has 1 atom stereocenters. The highest BCUT2D eigenvalue weighted by atomic mass is 79.9. The zero-order valence-electron chi connectivity index (χ0n) is 13.4. The SMILES string of the molecule is CC(C)(C)OC(=O)N1CCCC1C(=O)Nc1cc(Br)cnc1N. The number of carbonyl (C=O) groups is 2. The van der Waals surface area contributed by atoms with E-state index in [0.29, 0.717) is 23.1 Å². The molecule has 126 valence electrons. The second-order valence-corrected chi connectivity index (χ2v) is 7.32. The van der Waals surface area contributed by atoms with Crippen molar-refractivity contribution in [2.24, 2.45) is 0 Å². The highest BCUT2D eigenvalue weighted by molar-refractivity contribution is 9.10. The zero-order valence-corrected chi connectivity index (χ0v) is 15.0. The molecule has 0 saturated carbocycles. The molecule has 1 unspecified atom stereocenters. The fourth-order valence-electron chi connectivity index (χ4n) is 2.34. The van der Waals surface area contributed by atoms with Gasteiger partial charge in [-0.05, 0) is 55.6 Å². The maximum absolute atomic E-state index is 12.5. The number of halogens is 1. The summed E-state index contributed by atoms with van der Waals surface area (Å²) in [5.74, 6) is -0.0664. The van der Waals surface area contributed by atoms with E-state index in [1.165, 1.54) is 4.90 Å². The number of nitrogens with one attached hydrogen (secondary N) is 1. The summed E-state index contributed by atoms with van der Waals surface area (Å²) in [6.07, 6.45) is 2.42. The third kappa shape index (κ3) is 4.57. The minimum absolute atomic E-state index is 0.225. The maximum Gasteiger partial charge on any atom is 0.410 e. The van der Waals surface area contributed by atoms with Gasteiger partial charge in [-0.15, -0.1) is 0 Å². The van der Waals surface area contributed by atoms with Crippen molar-refractivity contribution in [3.63, 3.8) is 0 Å². The molecular formula is C15H21BrN4O3. The Morgan fingerprint density at radius 1 is 1.48 bits per heavy atom. The number of nitrogens with two attached hydrogens (primary N) is 1. The van der Waals surface area contributed by atoms with Crippen molar-refractivity contribution >= 4 is 39.4 Å². The van der Waals surface area contributed by atoms with Gasteiger partial charge in [0.25, 0.3) is 0 Å². The molecule has 8 heteroatoms. The molecule has 2 amide bonds. The van der Waals surface area contributed by atoms with Gasteiger partial charge in [-0.3, -0.25) is 9.69 Å². The van der Waals surface area contributed by atoms with E-state index in [0.717, 1.165) is 6.42 Å². The van der Waals surface area contributed by atoms with Crippen LogP contribution in [0.3, 0.4) is 0 Å². The Morgan fingerprint density at radius 2 is 2.17 bits per heavy atom. The number of ether oxygens (including phenoxy) is 1. The first-order valence-corrected chi connectivity index (χ1v) is 8.18. The zero-order chi connectivity index (χ0) is 17.2. The summed E-state index contributed by atoms with van der Waals surface area (Å²) < 4.78 is 6.06. The quantitative estimate of drug-likeness (QED) is 0.816. The van der Waals surface area contributed by atoms with E-state index in [4.69, 9.17) is 10.5 Å². The third-order valence-corrected chi connectivity index (χ3v) is 3.76. The number of hydrogen-bond donors (Lipinski definition) is 2. The molecule has 7 nitrogen and oxygen atoms in total. The van der Waals surface area contributed by atoms with E-state index in [-0.39, 0.29) is 11.7 Å². The maximum atomic E-state index is 12.5. The van der Waals surface area contributed by atoms with Gasteiger partial charge in [0.2, 0.25) is 5.91 Å². The summed E-state index contributed by atoms with van der Waals surface area (Å²) >= 11 is 3.28. The Hall–Kier alpha value is -1.83. The lowest BCUT2D eigenvalue weighted by Gasteiger charge is -2.28. The minimum Gasteiger partial charge on any atom is -0.444 e. The second-order valence-electron chi connectivity index (χ2n) is 6.41. The van der Waals surface area contributed by atoms with Crippen molar-refractivity contribution < 1.29 is 14.3 Å². The van der Waals surface area contributed by atoms with E-state index in [2.05, 4.69) is 26.2 Å². The Morgan fingerprint density at radius 3 is 2.83 bits per heavy atom. The summed E-state index contributed by atoms with van der Waals surface area (Å²) in [4.78, 5) is 30.2. The predicted octanol–water partition coefficient (Wildman–Crippen LogP) is 2.76. The molecule has 1 aromatic heterocycles. The number of nitrogens with zero attached hydrogens (tertiary/aromatic N) is 2. The number of carbonyl (C=O) groups excluding carboxylic acids is 2. The van der Waals surface area contributed by atoms with Crippen molar-refractivity contribution in [3.05, 3.63) is 16.7 Å². The number of aromatic nitrogens is 1. The second kappa shape index (κ2) is 6.74. The van der Waals surface area contributed by atoms with Crippen molar-refractivity contribution in [1.82, 2.24) is 9.88 Å². The van der Waals surface area contributed by atoms with Crippen LogP contribution >= 0.6 is 15.9 Å². The Bertz CT molecular complexity index is 615. The monoisotopic (exact) mass is 384 g/mol. The van der Waals surface area contributed by atoms with Crippen LogP contribution in [0.15, 0.2) is 16.7 Å². The summed E-state index contributed by atoms with van der Waals surface area (Å²) in [6.45, 7) is 5.89. The van der Waals surface area contributed by atoms with Gasteiger partial charge in [-0.2, -0.15) is 0 Å². The van der Waals surface area contributed by atoms with Crippen molar-refractivity contribution in [2.75, 3.05) is 17.6 Å². The summed E-state index contributed by atoms with van der Waals surface area (Å²) in [5.41, 5.74) is 5.58. The van der Waals surface area contributed by atoms with Gasteiger partial charge in [-0.1, -0.05) is 0 Å². The smallest absolute Gasteiger partial charge is 0.410 e. The fraction of sp³-hybridized carbons (Fsp3) is 0.533. The van der Waals surface area contributed by atoms with Crippen LogP contribution < -0.4 is 11.1 Å². The standard InChI is InChI=1S/C15H21BrN4O3/c1-15(2,3)23-14(22)20-6-4-5-11(20)13(21)19-10-7-9(16)8-18-12(10)17/h7-8,11H,4-6H2,1-3H3,(H2,17,18)(H,19,21). The molecule has 2 heterocycles. The lowest BCUT2D eigenvalue weighted by molar-refractivity contribution is -0.120. The molecule has 3 N–H and O–H groups in total. The van der Waals surface area contributed by atoms with Gasteiger partial charge in [0.1, 0.15) is 17.5 Å². The first-order valence-electron chi connectivity index (χ1n) is 7.39. The van der Waals surface area contributed by atoms with Crippen LogP contribution in [0.5, 0.6) is 0 Å². The molecule has 0 aliphatic carbocycles. The molecular weight excluding hydrogens is 364 g/mol. The van der Waals surface area contributed by atoms with Crippen LogP contribution in [0.1, 0.15) is 33.6 Å². The van der Waals surface area contributed by atoms with E-state index < -0.39 is 17.7 Å². The molecule has 23 heavy (non-hydrogen) atoms. The molecule has 2 rings (SSSR count). The average Bonchev–Trinajstić information content (AvgIpc) is 2.90. The summed E-state index contributed by atoms with van der Waals surface area (Å²) in [5, 5.41) is 2.73. The van der Waals surface area contributed by atoms with Crippen molar-refractivity contribution in [1.29, 1.82) is 0 Å². The highest BCUT2D eigenvalue weighted by Crippen LogP contribution is 2.25. The lowest BCUT2D eigenvalue weighted by Crippen LogP contribution is -2.45. The van der Waals surface area contributed by atoms with Crippen LogP contribution in [-0.4, -0.2) is 40.1 Å². The molecule has 0 aromatic carbocycles. The van der Waals surface area contributed by atoms with Crippen LogP contribution in [0.4, 0.5) is 16.3 Å². The Balaban J connectivity index is 2.08. The van der Waals surface area contributed by atoms with E-state index in [9.17, 15) is 9.59 Å². The summed E-state index contributed by atoms with van der Waals surface area (Å²) in [6, 6.07) is 1.11. The van der Waals surface area contributed by atoms with Crippen molar-refractivity contribution in [2.45, 2.75) is 45.3 Å². The van der Waals surface area contributed by atoms with Crippen molar-refractivity contribution in [3.8, 4) is 0 Å². The normalized spacial score (nSPS) is 17.9. The first kappa shape index (κ1) is 17.5. The number of rotatable bonds is 2. The van der Waals surface area contributed by atoms with Crippen LogP contribution in [0.25, 0.3) is 0 Å². The Labute approximate surface area is 143 Å². The van der Waals surface area contributed by atoms with Crippen LogP contribution in [-0.2, 0) is 9.53 Å². The molecule has 1 aromatic rings.